The van der Waals surface area contributed by atoms with Crippen molar-refractivity contribution < 1.29 is 13.9 Å². The zero-order valence-electron chi connectivity index (χ0n) is 12.7. The number of hydrogen-bond acceptors (Lipinski definition) is 4. The maximum atomic E-state index is 11.7. The lowest BCUT2D eigenvalue weighted by Crippen LogP contribution is -2.24. The zero-order valence-corrected chi connectivity index (χ0v) is 15.8. The van der Waals surface area contributed by atoms with Crippen molar-refractivity contribution >= 4 is 44.0 Å². The van der Waals surface area contributed by atoms with E-state index in [9.17, 15) is 4.79 Å². The number of carbonyl (C=O) groups is 1. The molecule has 1 aromatic heterocycles. The predicted molar refractivity (Wildman–Crippen MR) is 95.9 cm³/mol. The second-order valence-corrected chi connectivity index (χ2v) is 6.65. The van der Waals surface area contributed by atoms with E-state index in [2.05, 4.69) is 56.2 Å². The van der Waals surface area contributed by atoms with Crippen LogP contribution in [0.15, 0.2) is 49.0 Å². The summed E-state index contributed by atoms with van der Waals surface area (Å²) in [6.07, 6.45) is 1.41. The van der Waals surface area contributed by atoms with Crippen LogP contribution in [0.2, 0.25) is 0 Å². The molecule has 0 saturated carbocycles. The van der Waals surface area contributed by atoms with Gasteiger partial charge in [-0.25, -0.2) is 5.43 Å². The van der Waals surface area contributed by atoms with Crippen LogP contribution in [0.25, 0.3) is 0 Å². The van der Waals surface area contributed by atoms with Gasteiger partial charge in [0.1, 0.15) is 11.5 Å². The molecule has 0 unspecified atom stereocenters. The molecule has 23 heavy (non-hydrogen) atoms. The van der Waals surface area contributed by atoms with Crippen molar-refractivity contribution in [3.8, 4) is 5.75 Å². The molecule has 0 fully saturated rings. The van der Waals surface area contributed by atoms with E-state index in [1.54, 1.807) is 6.07 Å². The van der Waals surface area contributed by atoms with Gasteiger partial charge in [0.25, 0.3) is 5.91 Å². The lowest BCUT2D eigenvalue weighted by Gasteiger charge is -2.08. The molecule has 1 aromatic carbocycles. The van der Waals surface area contributed by atoms with E-state index < -0.39 is 0 Å². The minimum Gasteiger partial charge on any atom is -0.484 e. The van der Waals surface area contributed by atoms with Gasteiger partial charge in [0.15, 0.2) is 11.3 Å². The summed E-state index contributed by atoms with van der Waals surface area (Å²) in [7, 11) is 0. The average Bonchev–Trinajstić information content (AvgIpc) is 2.84. The van der Waals surface area contributed by atoms with Crippen LogP contribution in [0.4, 0.5) is 0 Å². The van der Waals surface area contributed by atoms with Gasteiger partial charge in [0.2, 0.25) is 0 Å². The van der Waals surface area contributed by atoms with E-state index in [0.29, 0.717) is 22.1 Å². The highest BCUT2D eigenvalue weighted by molar-refractivity contribution is 9.13. The largest absolute Gasteiger partial charge is 0.484 e. The standard InChI is InChI=1S/C16H16Br2N2O3/c1-10(2)11-3-5-12(6-4-11)22-9-15(21)20-19-8-13-7-14(17)16(18)23-13/h3-8,10H,9H2,1-2H3,(H,20,21)/b19-8+. The van der Waals surface area contributed by atoms with Gasteiger partial charge >= 0.3 is 0 Å². The van der Waals surface area contributed by atoms with Crippen LogP contribution in [-0.2, 0) is 4.79 Å². The Bertz CT molecular complexity index is 674. The molecule has 0 aliphatic heterocycles. The normalized spacial score (nSPS) is 11.2. The molecule has 122 valence electrons. The monoisotopic (exact) mass is 442 g/mol. The third-order valence-corrected chi connectivity index (χ3v) is 4.67. The Morgan fingerprint density at radius 3 is 2.61 bits per heavy atom. The first-order chi connectivity index (χ1) is 11.0. The topological polar surface area (TPSA) is 63.8 Å². The minimum atomic E-state index is -0.348. The number of ether oxygens (including phenoxy) is 1. The van der Waals surface area contributed by atoms with Crippen molar-refractivity contribution in [2.75, 3.05) is 6.61 Å². The molecule has 1 N–H and O–H groups in total. The number of rotatable bonds is 6. The number of carbonyl (C=O) groups excluding carboxylic acids is 1. The van der Waals surface area contributed by atoms with E-state index in [0.717, 1.165) is 4.47 Å². The summed E-state index contributed by atoms with van der Waals surface area (Å²) in [6, 6.07) is 9.41. The maximum absolute atomic E-state index is 11.7. The lowest BCUT2D eigenvalue weighted by molar-refractivity contribution is -0.123. The summed E-state index contributed by atoms with van der Waals surface area (Å²) in [5.74, 6) is 1.27. The van der Waals surface area contributed by atoms with Gasteiger partial charge in [-0.05, 0) is 55.5 Å². The molecule has 0 aliphatic rings. The van der Waals surface area contributed by atoms with Gasteiger partial charge < -0.3 is 9.15 Å². The maximum Gasteiger partial charge on any atom is 0.277 e. The van der Waals surface area contributed by atoms with Crippen LogP contribution in [0.3, 0.4) is 0 Å². The van der Waals surface area contributed by atoms with Gasteiger partial charge in [-0.3, -0.25) is 4.79 Å². The highest BCUT2D eigenvalue weighted by Gasteiger charge is 2.05. The molecule has 2 rings (SSSR count). The molecule has 5 nitrogen and oxygen atoms in total. The number of nitrogens with one attached hydrogen (secondary N) is 1. The molecule has 0 saturated heterocycles. The average molecular weight is 444 g/mol. The van der Waals surface area contributed by atoms with Crippen LogP contribution in [-0.4, -0.2) is 18.7 Å². The molecular formula is C16H16Br2N2O3. The number of hydrazone groups is 1. The van der Waals surface area contributed by atoms with Gasteiger partial charge in [0, 0.05) is 6.07 Å². The fraction of sp³-hybridized carbons (Fsp3) is 0.250. The fourth-order valence-electron chi connectivity index (χ4n) is 1.72. The number of amides is 1. The Balaban J connectivity index is 1.78. The first kappa shape index (κ1) is 17.7. The highest BCUT2D eigenvalue weighted by Crippen LogP contribution is 2.25. The fourth-order valence-corrected chi connectivity index (χ4v) is 2.33. The Morgan fingerprint density at radius 1 is 1.35 bits per heavy atom. The number of nitrogens with zero attached hydrogens (tertiary/aromatic N) is 1. The first-order valence-electron chi connectivity index (χ1n) is 6.95. The lowest BCUT2D eigenvalue weighted by atomic mass is 10.0. The summed E-state index contributed by atoms with van der Waals surface area (Å²) in [6.45, 7) is 4.14. The van der Waals surface area contributed by atoms with Crippen molar-refractivity contribution in [3.05, 3.63) is 50.8 Å². The summed E-state index contributed by atoms with van der Waals surface area (Å²) in [4.78, 5) is 11.7. The second-order valence-electron chi connectivity index (χ2n) is 5.08. The summed E-state index contributed by atoms with van der Waals surface area (Å²) in [5.41, 5.74) is 3.60. The molecule has 2 aromatic rings. The van der Waals surface area contributed by atoms with E-state index >= 15 is 0 Å². The highest BCUT2D eigenvalue weighted by atomic mass is 79.9. The van der Waals surface area contributed by atoms with Crippen molar-refractivity contribution in [1.82, 2.24) is 5.43 Å². The Morgan fingerprint density at radius 2 is 2.04 bits per heavy atom. The number of halogens is 2. The van der Waals surface area contributed by atoms with Crippen molar-refractivity contribution in [2.24, 2.45) is 5.10 Å². The van der Waals surface area contributed by atoms with Gasteiger partial charge in [0.05, 0.1) is 10.7 Å². The molecule has 0 bridgehead atoms. The van der Waals surface area contributed by atoms with Gasteiger partial charge in [-0.1, -0.05) is 26.0 Å². The quantitative estimate of drug-likeness (QED) is 0.529. The molecule has 1 amide bonds. The predicted octanol–water partition coefficient (Wildman–Crippen LogP) is 4.46. The van der Waals surface area contributed by atoms with Crippen LogP contribution in [0.1, 0.15) is 31.1 Å². The Kier molecular flexibility index (Phi) is 6.41. The van der Waals surface area contributed by atoms with Crippen molar-refractivity contribution in [2.45, 2.75) is 19.8 Å². The smallest absolute Gasteiger partial charge is 0.277 e. The molecule has 7 heteroatoms. The second kappa shape index (κ2) is 8.31. The van der Waals surface area contributed by atoms with E-state index in [1.807, 2.05) is 24.3 Å². The molecule has 0 radical (unpaired) electrons. The van der Waals surface area contributed by atoms with Crippen LogP contribution >= 0.6 is 31.9 Å². The molecule has 0 aliphatic carbocycles. The number of benzene rings is 1. The third-order valence-electron chi connectivity index (χ3n) is 2.96. The van der Waals surface area contributed by atoms with Crippen molar-refractivity contribution in [1.29, 1.82) is 0 Å². The third kappa shape index (κ3) is 5.51. The SMILES string of the molecule is CC(C)c1ccc(OCC(=O)N/N=C/c2cc(Br)c(Br)o2)cc1. The Hall–Kier alpha value is -1.60. The Labute approximate surface area is 151 Å². The molecule has 1 heterocycles. The number of furan rings is 1. The minimum absolute atomic E-state index is 0.107. The van der Waals surface area contributed by atoms with E-state index in [4.69, 9.17) is 9.15 Å². The summed E-state index contributed by atoms with van der Waals surface area (Å²) < 4.78 is 12.0. The number of hydrogen-bond donors (Lipinski definition) is 1. The summed E-state index contributed by atoms with van der Waals surface area (Å²) in [5, 5.41) is 3.81. The van der Waals surface area contributed by atoms with Crippen LogP contribution in [0.5, 0.6) is 5.75 Å². The van der Waals surface area contributed by atoms with Crippen LogP contribution < -0.4 is 10.2 Å². The summed E-state index contributed by atoms with van der Waals surface area (Å²) >= 11 is 6.51. The van der Waals surface area contributed by atoms with Crippen LogP contribution in [0, 0.1) is 0 Å². The van der Waals surface area contributed by atoms with E-state index in [1.165, 1.54) is 11.8 Å². The zero-order chi connectivity index (χ0) is 16.8. The molecular weight excluding hydrogens is 428 g/mol. The van der Waals surface area contributed by atoms with E-state index in [-0.39, 0.29) is 12.5 Å². The molecule has 0 atom stereocenters. The van der Waals surface area contributed by atoms with Gasteiger partial charge in [-0.2, -0.15) is 5.10 Å². The van der Waals surface area contributed by atoms with Crippen molar-refractivity contribution in [3.63, 3.8) is 0 Å². The molecule has 0 spiro atoms. The first-order valence-corrected chi connectivity index (χ1v) is 8.54. The van der Waals surface area contributed by atoms with Gasteiger partial charge in [-0.15, -0.1) is 0 Å².